The Morgan fingerprint density at radius 3 is 2.68 bits per heavy atom. The van der Waals surface area contributed by atoms with Crippen LogP contribution in [-0.2, 0) is 4.74 Å². The monoisotopic (exact) mass is 367 g/mol. The molecule has 1 heterocycles. The zero-order valence-corrected chi connectivity index (χ0v) is 13.9. The van der Waals surface area contributed by atoms with Gasteiger partial charge in [-0.3, -0.25) is 15.1 Å². The average Bonchev–Trinajstić information content (AvgIpc) is 2.45. The van der Waals surface area contributed by atoms with E-state index in [1.807, 2.05) is 0 Å². The molecule has 1 aromatic carbocycles. The number of aromatic nitrogens is 1. The molecule has 0 aliphatic heterocycles. The summed E-state index contributed by atoms with van der Waals surface area (Å²) in [6.07, 6.45) is 1.42. The Bertz CT molecular complexity index is 761. The van der Waals surface area contributed by atoms with E-state index in [1.165, 1.54) is 18.3 Å². The molecule has 0 N–H and O–H groups in total. The quantitative estimate of drug-likeness (QED) is 0.468. The van der Waals surface area contributed by atoms with Crippen LogP contribution < -0.4 is 4.90 Å². The van der Waals surface area contributed by atoms with E-state index in [1.54, 1.807) is 25.9 Å². The van der Waals surface area contributed by atoms with Crippen LogP contribution in [0, 0.1) is 10.1 Å². The molecule has 0 bridgehead atoms. The van der Waals surface area contributed by atoms with Gasteiger partial charge in [-0.2, -0.15) is 0 Å². The second-order valence-corrected chi connectivity index (χ2v) is 5.57. The molecule has 22 heavy (non-hydrogen) atoms. The molecule has 0 saturated heterocycles. The number of halogens is 1. The molecular weight excluding hydrogens is 354 g/mol. The van der Waals surface area contributed by atoms with E-state index in [2.05, 4.69) is 20.9 Å². The Morgan fingerprint density at radius 2 is 2.14 bits per heavy atom. The first-order chi connectivity index (χ1) is 10.4. The van der Waals surface area contributed by atoms with Crippen LogP contribution in [0.1, 0.15) is 17.3 Å². The molecule has 0 amide bonds. The van der Waals surface area contributed by atoms with Gasteiger partial charge in [0.2, 0.25) is 0 Å². The van der Waals surface area contributed by atoms with E-state index >= 15 is 0 Å². The molecule has 0 spiro atoms. The summed E-state index contributed by atoms with van der Waals surface area (Å²) < 4.78 is 5.52. The zero-order valence-electron chi connectivity index (χ0n) is 12.3. The van der Waals surface area contributed by atoms with Crippen molar-refractivity contribution in [2.24, 2.45) is 0 Å². The van der Waals surface area contributed by atoms with Crippen LogP contribution in [0.25, 0.3) is 10.9 Å². The van der Waals surface area contributed by atoms with Crippen LogP contribution in [-0.4, -0.2) is 36.6 Å². The molecule has 0 fully saturated rings. The highest BCUT2D eigenvalue weighted by molar-refractivity contribution is 9.10. The van der Waals surface area contributed by atoms with Gasteiger partial charge in [0, 0.05) is 37.8 Å². The van der Waals surface area contributed by atoms with Gasteiger partial charge < -0.3 is 9.64 Å². The number of pyridine rings is 1. The topological polar surface area (TPSA) is 85.6 Å². The summed E-state index contributed by atoms with van der Waals surface area (Å²) in [6, 6.07) is 2.80. The van der Waals surface area contributed by atoms with Crippen molar-refractivity contribution >= 4 is 44.2 Å². The maximum absolute atomic E-state index is 12.1. The van der Waals surface area contributed by atoms with Gasteiger partial charge >= 0.3 is 5.97 Å². The van der Waals surface area contributed by atoms with Crippen molar-refractivity contribution in [2.45, 2.75) is 6.92 Å². The van der Waals surface area contributed by atoms with Gasteiger partial charge in [-0.05, 0) is 22.9 Å². The van der Waals surface area contributed by atoms with E-state index in [9.17, 15) is 14.9 Å². The summed E-state index contributed by atoms with van der Waals surface area (Å²) >= 11 is 3.29. The molecule has 0 atom stereocenters. The molecule has 7 nitrogen and oxygen atoms in total. The van der Waals surface area contributed by atoms with E-state index in [-0.39, 0.29) is 17.9 Å². The molecule has 0 aliphatic carbocycles. The third-order valence-electron chi connectivity index (χ3n) is 3.03. The van der Waals surface area contributed by atoms with Crippen molar-refractivity contribution in [1.29, 1.82) is 0 Å². The fourth-order valence-electron chi connectivity index (χ4n) is 2.18. The maximum atomic E-state index is 12.1. The Morgan fingerprint density at radius 1 is 1.45 bits per heavy atom. The number of fused-ring (bicyclic) bond motifs is 1. The van der Waals surface area contributed by atoms with Crippen LogP contribution in [0.4, 0.5) is 11.4 Å². The lowest BCUT2D eigenvalue weighted by Gasteiger charge is -2.19. The largest absolute Gasteiger partial charge is 0.462 e. The number of nitro benzene ring substituents is 1. The Labute approximate surface area is 135 Å². The Kier molecular flexibility index (Phi) is 4.60. The number of nitrogens with zero attached hydrogens (tertiary/aromatic N) is 3. The van der Waals surface area contributed by atoms with Crippen molar-refractivity contribution in [3.8, 4) is 0 Å². The van der Waals surface area contributed by atoms with Crippen LogP contribution >= 0.6 is 15.9 Å². The van der Waals surface area contributed by atoms with Crippen molar-refractivity contribution in [3.05, 3.63) is 38.5 Å². The first-order valence-corrected chi connectivity index (χ1v) is 7.27. The Hall–Kier alpha value is -2.22. The number of esters is 1. The molecule has 2 rings (SSSR count). The van der Waals surface area contributed by atoms with E-state index in [0.29, 0.717) is 21.1 Å². The lowest BCUT2D eigenvalue weighted by atomic mass is 10.1. The van der Waals surface area contributed by atoms with Gasteiger partial charge in [-0.1, -0.05) is 0 Å². The van der Waals surface area contributed by atoms with Gasteiger partial charge in [-0.15, -0.1) is 0 Å². The smallest absolute Gasteiger partial charge is 0.341 e. The first kappa shape index (κ1) is 16.2. The predicted octanol–water partition coefficient (Wildman–Crippen LogP) is 3.15. The molecular formula is C14H14BrN3O4. The molecule has 1 aromatic heterocycles. The lowest BCUT2D eigenvalue weighted by Crippen LogP contribution is -2.16. The zero-order chi connectivity index (χ0) is 16.4. The third-order valence-corrected chi connectivity index (χ3v) is 3.64. The highest BCUT2D eigenvalue weighted by Crippen LogP contribution is 2.35. The third kappa shape index (κ3) is 2.87. The number of ether oxygens (including phenoxy) is 1. The fraction of sp³-hybridized carbons (Fsp3) is 0.286. The van der Waals surface area contributed by atoms with Gasteiger partial charge in [0.25, 0.3) is 5.69 Å². The number of rotatable bonds is 4. The van der Waals surface area contributed by atoms with Crippen molar-refractivity contribution in [1.82, 2.24) is 4.98 Å². The minimum atomic E-state index is -0.511. The van der Waals surface area contributed by atoms with Crippen LogP contribution in [0.2, 0.25) is 0 Å². The number of non-ortho nitro benzene ring substituents is 1. The van der Waals surface area contributed by atoms with Gasteiger partial charge in [0.15, 0.2) is 0 Å². The van der Waals surface area contributed by atoms with E-state index in [4.69, 9.17) is 4.74 Å². The van der Waals surface area contributed by atoms with Gasteiger partial charge in [0.05, 0.1) is 27.2 Å². The second kappa shape index (κ2) is 6.27. The summed E-state index contributed by atoms with van der Waals surface area (Å²) in [6.45, 7) is 1.95. The minimum Gasteiger partial charge on any atom is -0.462 e. The van der Waals surface area contributed by atoms with E-state index in [0.717, 1.165) is 0 Å². The standard InChI is InChI=1S/C14H14BrN3O4/c1-4-22-14(19)10-7-16-12-9(13(10)17(2)3)5-8(18(20)21)6-11(12)15/h5-7H,4H2,1-3H3. The second-order valence-electron chi connectivity index (χ2n) is 4.72. The average molecular weight is 368 g/mol. The molecule has 116 valence electrons. The lowest BCUT2D eigenvalue weighted by molar-refractivity contribution is -0.384. The molecule has 0 unspecified atom stereocenters. The summed E-state index contributed by atoms with van der Waals surface area (Å²) in [7, 11) is 3.51. The van der Waals surface area contributed by atoms with Crippen molar-refractivity contribution in [2.75, 3.05) is 25.6 Å². The summed E-state index contributed by atoms with van der Waals surface area (Å²) in [5.74, 6) is -0.511. The fourth-order valence-corrected chi connectivity index (χ4v) is 2.73. The number of anilines is 1. The van der Waals surface area contributed by atoms with Crippen LogP contribution in [0.15, 0.2) is 22.8 Å². The normalized spacial score (nSPS) is 10.5. The number of benzene rings is 1. The maximum Gasteiger partial charge on any atom is 0.341 e. The van der Waals surface area contributed by atoms with Gasteiger partial charge in [-0.25, -0.2) is 4.79 Å². The highest BCUT2D eigenvalue weighted by atomic mass is 79.9. The van der Waals surface area contributed by atoms with Crippen LogP contribution in [0.5, 0.6) is 0 Å². The molecule has 0 aliphatic rings. The number of carbonyl (C=O) groups is 1. The SMILES string of the molecule is CCOC(=O)c1cnc2c(Br)cc([N+](=O)[O-])cc2c1N(C)C. The Balaban J connectivity index is 2.82. The van der Waals surface area contributed by atoms with E-state index < -0.39 is 10.9 Å². The highest BCUT2D eigenvalue weighted by Gasteiger charge is 2.21. The number of hydrogen-bond donors (Lipinski definition) is 0. The van der Waals surface area contributed by atoms with Crippen molar-refractivity contribution in [3.63, 3.8) is 0 Å². The van der Waals surface area contributed by atoms with Crippen molar-refractivity contribution < 1.29 is 14.5 Å². The molecule has 0 saturated carbocycles. The molecule has 0 radical (unpaired) electrons. The number of hydrogen-bond acceptors (Lipinski definition) is 6. The summed E-state index contributed by atoms with van der Waals surface area (Å²) in [5, 5.41) is 11.6. The number of carbonyl (C=O) groups excluding carboxylic acids is 1. The van der Waals surface area contributed by atoms with Crippen LogP contribution in [0.3, 0.4) is 0 Å². The summed E-state index contributed by atoms with van der Waals surface area (Å²) in [4.78, 5) is 28.6. The summed E-state index contributed by atoms with van der Waals surface area (Å²) in [5.41, 5.74) is 1.27. The first-order valence-electron chi connectivity index (χ1n) is 6.47. The van der Waals surface area contributed by atoms with Gasteiger partial charge in [0.1, 0.15) is 5.56 Å². The molecule has 2 aromatic rings. The molecule has 8 heteroatoms. The number of nitro groups is 1. The predicted molar refractivity (Wildman–Crippen MR) is 86.4 cm³/mol. The minimum absolute atomic E-state index is 0.0784.